The molecule has 0 aliphatic rings. The molecule has 162 valence electrons. The van der Waals surface area contributed by atoms with Crippen molar-refractivity contribution in [1.29, 1.82) is 0 Å². The fraction of sp³-hybridized carbons (Fsp3) is 0.926. The highest BCUT2D eigenvalue weighted by Gasteiger charge is 1.94. The fourth-order valence-electron chi connectivity index (χ4n) is 3.91. The summed E-state index contributed by atoms with van der Waals surface area (Å²) in [5, 5.41) is 0. The number of hydrogen-bond acceptors (Lipinski definition) is 0. The van der Waals surface area contributed by atoms with Crippen molar-refractivity contribution >= 4 is 0 Å². The molecule has 0 bridgehead atoms. The van der Waals surface area contributed by atoms with Crippen LogP contribution in [0.4, 0.5) is 0 Å². The minimum Gasteiger partial charge on any atom is -0.0885 e. The van der Waals surface area contributed by atoms with Gasteiger partial charge in [0.2, 0.25) is 0 Å². The van der Waals surface area contributed by atoms with E-state index in [-0.39, 0.29) is 0 Å². The molecule has 0 atom stereocenters. The molecule has 0 aliphatic heterocycles. The Hall–Kier alpha value is -0.260. The highest BCUT2D eigenvalue weighted by Crippen LogP contribution is 2.13. The SMILES string of the molecule is CCCCCCCCCC/C=C\CCCCCCCCCCCCCCC. The third kappa shape index (κ3) is 25.7. The van der Waals surface area contributed by atoms with Crippen LogP contribution in [0.1, 0.15) is 162 Å². The van der Waals surface area contributed by atoms with E-state index in [9.17, 15) is 0 Å². The standard InChI is InChI=1S/C27H54/c1-3-5-7-9-11-13-15-17-19-21-23-25-27-26-24-22-20-18-16-14-12-10-8-6-4-2/h21,23H,3-20,22,24-27H2,1-2H3/b23-21-. The topological polar surface area (TPSA) is 0 Å². The van der Waals surface area contributed by atoms with Crippen LogP contribution in [0.25, 0.3) is 0 Å². The zero-order valence-electron chi connectivity index (χ0n) is 19.4. The maximum absolute atomic E-state index is 2.44. The highest BCUT2D eigenvalue weighted by atomic mass is 14.0. The second-order valence-corrected chi connectivity index (χ2v) is 8.77. The predicted octanol–water partition coefficient (Wildman–Crippen LogP) is 10.6. The van der Waals surface area contributed by atoms with Crippen LogP contribution in [0.15, 0.2) is 12.2 Å². The molecule has 0 heterocycles. The van der Waals surface area contributed by atoms with E-state index < -0.39 is 0 Å². The molecule has 0 aromatic rings. The molecule has 0 spiro atoms. The molecular weight excluding hydrogens is 324 g/mol. The summed E-state index contributed by atoms with van der Waals surface area (Å²) < 4.78 is 0. The molecule has 0 aromatic carbocycles. The Morgan fingerprint density at radius 1 is 0.296 bits per heavy atom. The lowest BCUT2D eigenvalue weighted by atomic mass is 10.0. The van der Waals surface area contributed by atoms with E-state index in [1.165, 1.54) is 148 Å². The normalized spacial score (nSPS) is 11.6. The zero-order valence-corrected chi connectivity index (χ0v) is 19.4. The Balaban J connectivity index is 3.04. The first-order valence-electron chi connectivity index (χ1n) is 13.1. The molecule has 0 heteroatoms. The highest BCUT2D eigenvalue weighted by molar-refractivity contribution is 4.81. The molecule has 0 radical (unpaired) electrons. The number of hydrogen-bond donors (Lipinski definition) is 0. The summed E-state index contributed by atoms with van der Waals surface area (Å²) >= 11 is 0. The summed E-state index contributed by atoms with van der Waals surface area (Å²) in [5.41, 5.74) is 0. The zero-order chi connectivity index (χ0) is 19.7. The lowest BCUT2D eigenvalue weighted by Gasteiger charge is -2.02. The van der Waals surface area contributed by atoms with Crippen LogP contribution in [-0.2, 0) is 0 Å². The van der Waals surface area contributed by atoms with Crippen molar-refractivity contribution in [2.75, 3.05) is 0 Å². The lowest BCUT2D eigenvalue weighted by Crippen LogP contribution is -1.82. The van der Waals surface area contributed by atoms with Gasteiger partial charge in [-0.25, -0.2) is 0 Å². The lowest BCUT2D eigenvalue weighted by molar-refractivity contribution is 0.540. The molecule has 0 saturated carbocycles. The maximum atomic E-state index is 2.44. The molecule has 0 fully saturated rings. The van der Waals surface area contributed by atoms with Gasteiger partial charge in [-0.2, -0.15) is 0 Å². The van der Waals surface area contributed by atoms with Crippen molar-refractivity contribution in [1.82, 2.24) is 0 Å². The first kappa shape index (κ1) is 26.7. The molecular formula is C27H54. The van der Waals surface area contributed by atoms with E-state index in [2.05, 4.69) is 26.0 Å². The van der Waals surface area contributed by atoms with Crippen molar-refractivity contribution in [3.8, 4) is 0 Å². The van der Waals surface area contributed by atoms with Crippen molar-refractivity contribution in [2.24, 2.45) is 0 Å². The number of allylic oxidation sites excluding steroid dienone is 2. The predicted molar refractivity (Wildman–Crippen MR) is 127 cm³/mol. The van der Waals surface area contributed by atoms with Gasteiger partial charge in [0.1, 0.15) is 0 Å². The van der Waals surface area contributed by atoms with Gasteiger partial charge in [0, 0.05) is 0 Å². The van der Waals surface area contributed by atoms with Crippen molar-refractivity contribution in [3.63, 3.8) is 0 Å². The van der Waals surface area contributed by atoms with Gasteiger partial charge in [0.15, 0.2) is 0 Å². The van der Waals surface area contributed by atoms with Gasteiger partial charge in [-0.1, -0.05) is 148 Å². The second kappa shape index (κ2) is 25.7. The Kier molecular flexibility index (Phi) is 25.5. The van der Waals surface area contributed by atoms with Crippen LogP contribution < -0.4 is 0 Å². The molecule has 0 saturated heterocycles. The number of unbranched alkanes of at least 4 members (excludes halogenated alkanes) is 21. The van der Waals surface area contributed by atoms with Crippen LogP contribution in [0.2, 0.25) is 0 Å². The molecule has 0 nitrogen and oxygen atoms in total. The molecule has 0 aromatic heterocycles. The summed E-state index contributed by atoms with van der Waals surface area (Å²) in [4.78, 5) is 0. The molecule has 0 unspecified atom stereocenters. The summed E-state index contributed by atoms with van der Waals surface area (Å²) in [7, 11) is 0. The van der Waals surface area contributed by atoms with E-state index in [0.29, 0.717) is 0 Å². The summed E-state index contributed by atoms with van der Waals surface area (Å²) in [6.07, 6.45) is 37.9. The van der Waals surface area contributed by atoms with Gasteiger partial charge >= 0.3 is 0 Å². The first-order chi connectivity index (χ1) is 13.4. The van der Waals surface area contributed by atoms with Gasteiger partial charge < -0.3 is 0 Å². The van der Waals surface area contributed by atoms with E-state index >= 15 is 0 Å². The van der Waals surface area contributed by atoms with Gasteiger partial charge in [-0.05, 0) is 25.7 Å². The molecule has 0 rings (SSSR count). The first-order valence-corrected chi connectivity index (χ1v) is 13.1. The quantitative estimate of drug-likeness (QED) is 0.122. The summed E-state index contributed by atoms with van der Waals surface area (Å²) in [6.45, 7) is 4.60. The minimum atomic E-state index is 1.31. The fourth-order valence-corrected chi connectivity index (χ4v) is 3.91. The minimum absolute atomic E-state index is 1.31. The monoisotopic (exact) mass is 378 g/mol. The van der Waals surface area contributed by atoms with Crippen LogP contribution in [0.3, 0.4) is 0 Å². The van der Waals surface area contributed by atoms with Crippen LogP contribution >= 0.6 is 0 Å². The van der Waals surface area contributed by atoms with E-state index in [1.54, 1.807) is 0 Å². The molecule has 0 amide bonds. The summed E-state index contributed by atoms with van der Waals surface area (Å²) in [5.74, 6) is 0. The van der Waals surface area contributed by atoms with Gasteiger partial charge in [0.25, 0.3) is 0 Å². The third-order valence-electron chi connectivity index (χ3n) is 5.87. The molecule has 27 heavy (non-hydrogen) atoms. The average molecular weight is 379 g/mol. The molecule has 0 N–H and O–H groups in total. The second-order valence-electron chi connectivity index (χ2n) is 8.77. The van der Waals surface area contributed by atoms with E-state index in [4.69, 9.17) is 0 Å². The Labute approximate surface area is 174 Å². The Morgan fingerprint density at radius 3 is 0.778 bits per heavy atom. The number of rotatable bonds is 23. The maximum Gasteiger partial charge on any atom is -0.0351 e. The average Bonchev–Trinajstić information content (AvgIpc) is 2.68. The largest absolute Gasteiger partial charge is 0.0885 e. The van der Waals surface area contributed by atoms with Gasteiger partial charge in [-0.3, -0.25) is 0 Å². The van der Waals surface area contributed by atoms with Crippen molar-refractivity contribution < 1.29 is 0 Å². The van der Waals surface area contributed by atoms with Crippen molar-refractivity contribution in [3.05, 3.63) is 12.2 Å². The Morgan fingerprint density at radius 2 is 0.519 bits per heavy atom. The van der Waals surface area contributed by atoms with Crippen LogP contribution in [0.5, 0.6) is 0 Å². The Bertz CT molecular complexity index is 265. The smallest absolute Gasteiger partial charge is 0.0351 e. The van der Waals surface area contributed by atoms with Crippen molar-refractivity contribution in [2.45, 2.75) is 162 Å². The molecule has 0 aliphatic carbocycles. The van der Waals surface area contributed by atoms with Gasteiger partial charge in [0.05, 0.1) is 0 Å². The van der Waals surface area contributed by atoms with E-state index in [0.717, 1.165) is 0 Å². The van der Waals surface area contributed by atoms with Gasteiger partial charge in [-0.15, -0.1) is 0 Å². The third-order valence-corrected chi connectivity index (χ3v) is 5.87. The summed E-state index contributed by atoms with van der Waals surface area (Å²) in [6, 6.07) is 0. The van der Waals surface area contributed by atoms with E-state index in [1.807, 2.05) is 0 Å². The van der Waals surface area contributed by atoms with Crippen LogP contribution in [-0.4, -0.2) is 0 Å². The van der Waals surface area contributed by atoms with Crippen LogP contribution in [0, 0.1) is 0 Å².